The molecular weight excluding hydrogens is 244 g/mol. The maximum absolute atomic E-state index is 9.23. The molecular formula is C14H10N2OS. The predicted octanol–water partition coefficient (Wildman–Crippen LogP) is 3.49. The third kappa shape index (κ3) is 2.28. The van der Waals surface area contributed by atoms with Crippen molar-refractivity contribution in [3.05, 3.63) is 54.6 Å². The van der Waals surface area contributed by atoms with E-state index in [4.69, 9.17) is 0 Å². The van der Waals surface area contributed by atoms with E-state index in [9.17, 15) is 5.11 Å². The Morgan fingerprint density at radius 1 is 0.889 bits per heavy atom. The van der Waals surface area contributed by atoms with E-state index in [2.05, 4.69) is 10.2 Å². The van der Waals surface area contributed by atoms with Gasteiger partial charge in [-0.25, -0.2) is 0 Å². The minimum absolute atomic E-state index is 0.268. The SMILES string of the molecule is Oc1ccc(Sc2cc3ccccc3nn2)cc1. The summed E-state index contributed by atoms with van der Waals surface area (Å²) in [6, 6.07) is 17.0. The number of phenols is 1. The summed E-state index contributed by atoms with van der Waals surface area (Å²) in [6.07, 6.45) is 0. The van der Waals surface area contributed by atoms with E-state index in [1.165, 1.54) is 11.8 Å². The monoisotopic (exact) mass is 254 g/mol. The zero-order valence-electron chi connectivity index (χ0n) is 9.45. The molecule has 3 rings (SSSR count). The van der Waals surface area contributed by atoms with Crippen LogP contribution in [0.25, 0.3) is 10.9 Å². The molecule has 3 aromatic rings. The first-order chi connectivity index (χ1) is 8.81. The minimum Gasteiger partial charge on any atom is -0.508 e. The second-order valence-electron chi connectivity index (χ2n) is 3.84. The van der Waals surface area contributed by atoms with Crippen LogP contribution in [0.15, 0.2) is 64.5 Å². The van der Waals surface area contributed by atoms with E-state index < -0.39 is 0 Å². The van der Waals surface area contributed by atoms with Crippen LogP contribution >= 0.6 is 11.8 Å². The lowest BCUT2D eigenvalue weighted by Crippen LogP contribution is -1.86. The van der Waals surface area contributed by atoms with Crippen LogP contribution in [0, 0.1) is 0 Å². The van der Waals surface area contributed by atoms with Gasteiger partial charge < -0.3 is 5.11 Å². The van der Waals surface area contributed by atoms with E-state index in [1.54, 1.807) is 12.1 Å². The Balaban J connectivity index is 1.92. The van der Waals surface area contributed by atoms with Gasteiger partial charge in [-0.1, -0.05) is 30.0 Å². The third-order valence-electron chi connectivity index (χ3n) is 2.53. The van der Waals surface area contributed by atoms with Crippen molar-refractivity contribution in [2.45, 2.75) is 9.92 Å². The number of phenolic OH excluding ortho intramolecular Hbond substituents is 1. The number of aromatic nitrogens is 2. The minimum atomic E-state index is 0.268. The van der Waals surface area contributed by atoms with Crippen molar-refractivity contribution in [1.82, 2.24) is 10.2 Å². The predicted molar refractivity (Wildman–Crippen MR) is 71.8 cm³/mol. The van der Waals surface area contributed by atoms with Crippen molar-refractivity contribution in [2.24, 2.45) is 0 Å². The molecule has 3 nitrogen and oxygen atoms in total. The van der Waals surface area contributed by atoms with Crippen LogP contribution in [-0.2, 0) is 0 Å². The van der Waals surface area contributed by atoms with Crippen molar-refractivity contribution in [3.63, 3.8) is 0 Å². The number of hydrogen-bond donors (Lipinski definition) is 1. The standard InChI is InChI=1S/C14H10N2OS/c17-11-5-7-12(8-6-11)18-14-9-10-3-1-2-4-13(10)15-16-14/h1-9,17H. The molecule has 4 heteroatoms. The molecule has 0 spiro atoms. The highest BCUT2D eigenvalue weighted by Crippen LogP contribution is 2.28. The summed E-state index contributed by atoms with van der Waals surface area (Å²) < 4.78 is 0. The molecule has 0 bridgehead atoms. The van der Waals surface area contributed by atoms with Gasteiger partial charge in [0.1, 0.15) is 10.8 Å². The lowest BCUT2D eigenvalue weighted by Gasteiger charge is -2.02. The van der Waals surface area contributed by atoms with Crippen molar-refractivity contribution < 1.29 is 5.11 Å². The largest absolute Gasteiger partial charge is 0.508 e. The van der Waals surface area contributed by atoms with Crippen LogP contribution < -0.4 is 0 Å². The molecule has 18 heavy (non-hydrogen) atoms. The molecule has 2 aromatic carbocycles. The Hall–Kier alpha value is -2.07. The Labute approximate surface area is 108 Å². The summed E-state index contributed by atoms with van der Waals surface area (Å²) in [4.78, 5) is 1.03. The Kier molecular flexibility index (Phi) is 2.86. The van der Waals surface area contributed by atoms with Crippen molar-refractivity contribution in [1.29, 1.82) is 0 Å². The molecule has 0 atom stereocenters. The quantitative estimate of drug-likeness (QED) is 0.760. The van der Waals surface area contributed by atoms with Gasteiger partial charge in [-0.15, -0.1) is 10.2 Å². The van der Waals surface area contributed by atoms with Crippen LogP contribution in [-0.4, -0.2) is 15.3 Å². The number of benzene rings is 2. The van der Waals surface area contributed by atoms with E-state index in [0.29, 0.717) is 0 Å². The normalized spacial score (nSPS) is 10.7. The molecule has 88 valence electrons. The molecule has 0 aliphatic heterocycles. The van der Waals surface area contributed by atoms with E-state index in [-0.39, 0.29) is 5.75 Å². The summed E-state index contributed by atoms with van der Waals surface area (Å²) in [7, 11) is 0. The van der Waals surface area contributed by atoms with Crippen molar-refractivity contribution >= 4 is 22.7 Å². The molecule has 0 fully saturated rings. The number of hydrogen-bond acceptors (Lipinski definition) is 4. The maximum Gasteiger partial charge on any atom is 0.124 e. The molecule has 0 radical (unpaired) electrons. The lowest BCUT2D eigenvalue weighted by molar-refractivity contribution is 0.475. The average Bonchev–Trinajstić information content (AvgIpc) is 2.41. The topological polar surface area (TPSA) is 46.0 Å². The molecule has 1 N–H and O–H groups in total. The second kappa shape index (κ2) is 4.66. The van der Waals surface area contributed by atoms with Gasteiger partial charge in [0, 0.05) is 10.3 Å². The van der Waals surface area contributed by atoms with Crippen LogP contribution in [0.3, 0.4) is 0 Å². The number of nitrogens with zero attached hydrogens (tertiary/aromatic N) is 2. The highest BCUT2D eigenvalue weighted by molar-refractivity contribution is 7.99. The first-order valence-electron chi connectivity index (χ1n) is 5.51. The van der Waals surface area contributed by atoms with Crippen LogP contribution in [0.4, 0.5) is 0 Å². The number of aromatic hydroxyl groups is 1. The molecule has 0 saturated heterocycles. The first kappa shape index (κ1) is 11.0. The van der Waals surface area contributed by atoms with Gasteiger partial charge in [-0.3, -0.25) is 0 Å². The van der Waals surface area contributed by atoms with Gasteiger partial charge in [-0.2, -0.15) is 0 Å². The lowest BCUT2D eigenvalue weighted by atomic mass is 10.2. The molecule has 0 aliphatic carbocycles. The number of fused-ring (bicyclic) bond motifs is 1. The van der Waals surface area contributed by atoms with Crippen molar-refractivity contribution in [2.75, 3.05) is 0 Å². The highest BCUT2D eigenvalue weighted by Gasteiger charge is 2.02. The fourth-order valence-corrected chi connectivity index (χ4v) is 2.43. The van der Waals surface area contributed by atoms with Crippen LogP contribution in [0.1, 0.15) is 0 Å². The van der Waals surface area contributed by atoms with E-state index in [1.807, 2.05) is 42.5 Å². The second-order valence-corrected chi connectivity index (χ2v) is 4.93. The molecule has 0 unspecified atom stereocenters. The third-order valence-corrected chi connectivity index (χ3v) is 3.45. The highest BCUT2D eigenvalue weighted by atomic mass is 32.2. The van der Waals surface area contributed by atoms with Gasteiger partial charge >= 0.3 is 0 Å². The fourth-order valence-electron chi connectivity index (χ4n) is 1.65. The summed E-state index contributed by atoms with van der Waals surface area (Å²) in [5.74, 6) is 0.268. The van der Waals surface area contributed by atoms with Crippen LogP contribution in [0.5, 0.6) is 5.75 Å². The van der Waals surface area contributed by atoms with Gasteiger partial charge in [0.2, 0.25) is 0 Å². The average molecular weight is 254 g/mol. The Bertz CT molecular complexity index is 683. The van der Waals surface area contributed by atoms with Crippen molar-refractivity contribution in [3.8, 4) is 5.75 Å². The smallest absolute Gasteiger partial charge is 0.124 e. The molecule has 1 heterocycles. The Morgan fingerprint density at radius 2 is 1.67 bits per heavy atom. The van der Waals surface area contributed by atoms with E-state index >= 15 is 0 Å². The van der Waals surface area contributed by atoms with Gasteiger partial charge in [0.05, 0.1) is 5.52 Å². The summed E-state index contributed by atoms with van der Waals surface area (Å²) in [5, 5.41) is 19.5. The van der Waals surface area contributed by atoms with Gasteiger partial charge in [-0.05, 0) is 36.4 Å². The molecule has 0 saturated carbocycles. The maximum atomic E-state index is 9.23. The van der Waals surface area contributed by atoms with Crippen LogP contribution in [0.2, 0.25) is 0 Å². The first-order valence-corrected chi connectivity index (χ1v) is 6.32. The summed E-state index contributed by atoms with van der Waals surface area (Å²) in [5.41, 5.74) is 0.896. The molecule has 0 aliphatic rings. The zero-order chi connectivity index (χ0) is 12.4. The van der Waals surface area contributed by atoms with E-state index in [0.717, 1.165) is 20.8 Å². The molecule has 0 amide bonds. The summed E-state index contributed by atoms with van der Waals surface area (Å²) in [6.45, 7) is 0. The van der Waals surface area contributed by atoms with Gasteiger partial charge in [0.25, 0.3) is 0 Å². The Morgan fingerprint density at radius 3 is 2.50 bits per heavy atom. The summed E-state index contributed by atoms with van der Waals surface area (Å²) >= 11 is 1.53. The fraction of sp³-hybridized carbons (Fsp3) is 0. The number of rotatable bonds is 2. The zero-order valence-corrected chi connectivity index (χ0v) is 10.3. The molecule has 1 aromatic heterocycles. The van der Waals surface area contributed by atoms with Gasteiger partial charge in [0.15, 0.2) is 0 Å².